The van der Waals surface area contributed by atoms with Gasteiger partial charge < -0.3 is 10.4 Å². The van der Waals surface area contributed by atoms with E-state index >= 15 is 0 Å². The minimum atomic E-state index is 0.374. The van der Waals surface area contributed by atoms with Crippen LogP contribution >= 0.6 is 0 Å². The highest BCUT2D eigenvalue weighted by Gasteiger charge is 2.17. The van der Waals surface area contributed by atoms with Gasteiger partial charge in [0.25, 0.3) is 11.4 Å². The summed E-state index contributed by atoms with van der Waals surface area (Å²) in [6, 6.07) is 6.83. The highest BCUT2D eigenvalue weighted by Crippen LogP contribution is 2.13. The molecular weight excluding hydrogens is 204 g/mol. The third-order valence-electron chi connectivity index (χ3n) is 2.41. The van der Waals surface area contributed by atoms with Crippen molar-refractivity contribution in [3.8, 4) is 11.4 Å². The second kappa shape index (κ2) is 3.81. The molecular formula is C12H12N2O2. The van der Waals surface area contributed by atoms with Crippen molar-refractivity contribution in [1.82, 2.24) is 0 Å². The molecule has 0 bridgehead atoms. The molecule has 4 nitrogen and oxygen atoms in total. The summed E-state index contributed by atoms with van der Waals surface area (Å²) in [6.07, 6.45) is 2.82. The topological polar surface area (TPSA) is 53.9 Å². The Balaban J connectivity index is 2.66. The summed E-state index contributed by atoms with van der Waals surface area (Å²) in [6.45, 7) is 3.77. The van der Waals surface area contributed by atoms with Crippen LogP contribution in [0.5, 0.6) is 0 Å². The fourth-order valence-corrected chi connectivity index (χ4v) is 1.56. The van der Waals surface area contributed by atoms with Crippen LogP contribution in [-0.4, -0.2) is 0 Å². The van der Waals surface area contributed by atoms with E-state index in [0.29, 0.717) is 20.8 Å². The Bertz CT molecular complexity index is 489. The van der Waals surface area contributed by atoms with Gasteiger partial charge in [0.2, 0.25) is 0 Å². The third kappa shape index (κ3) is 1.82. The number of pyridine rings is 2. The first-order chi connectivity index (χ1) is 7.58. The number of hydrogen-bond donors (Lipinski definition) is 0. The van der Waals surface area contributed by atoms with Gasteiger partial charge in [-0.15, -0.1) is 0 Å². The van der Waals surface area contributed by atoms with Crippen LogP contribution in [0.1, 0.15) is 11.1 Å². The summed E-state index contributed by atoms with van der Waals surface area (Å²) in [5, 5.41) is 23.2. The van der Waals surface area contributed by atoms with Gasteiger partial charge in [-0.25, -0.2) is 0 Å². The Morgan fingerprint density at radius 3 is 1.56 bits per heavy atom. The minimum absolute atomic E-state index is 0.374. The van der Waals surface area contributed by atoms with Crippen molar-refractivity contribution in [1.29, 1.82) is 0 Å². The molecule has 0 saturated carbocycles. The van der Waals surface area contributed by atoms with Crippen LogP contribution in [0.2, 0.25) is 0 Å². The molecule has 0 aliphatic carbocycles. The maximum atomic E-state index is 11.6. The Morgan fingerprint density at radius 1 is 0.812 bits per heavy atom. The zero-order chi connectivity index (χ0) is 11.7. The minimum Gasteiger partial charge on any atom is -0.618 e. The van der Waals surface area contributed by atoms with Gasteiger partial charge in [-0.1, -0.05) is 0 Å². The molecule has 0 radical (unpaired) electrons. The van der Waals surface area contributed by atoms with Crippen LogP contribution in [0.4, 0.5) is 0 Å². The zero-order valence-electron chi connectivity index (χ0n) is 9.18. The molecule has 0 fully saturated rings. The Labute approximate surface area is 93.6 Å². The molecule has 0 unspecified atom stereocenters. The van der Waals surface area contributed by atoms with Crippen LogP contribution in [0.15, 0.2) is 36.7 Å². The molecule has 16 heavy (non-hydrogen) atoms. The molecule has 0 spiro atoms. The number of hydrogen-bond acceptors (Lipinski definition) is 2. The van der Waals surface area contributed by atoms with E-state index in [1.165, 1.54) is 12.4 Å². The average Bonchev–Trinajstić information content (AvgIpc) is 2.25. The molecule has 0 saturated heterocycles. The lowest BCUT2D eigenvalue weighted by molar-refractivity contribution is -0.625. The summed E-state index contributed by atoms with van der Waals surface area (Å²) in [5.74, 6) is 0. The lowest BCUT2D eigenvalue weighted by Crippen LogP contribution is -2.36. The Kier molecular flexibility index (Phi) is 2.48. The van der Waals surface area contributed by atoms with Gasteiger partial charge in [-0.05, 0) is 25.0 Å². The van der Waals surface area contributed by atoms with Crippen molar-refractivity contribution in [2.45, 2.75) is 13.8 Å². The molecule has 0 aromatic carbocycles. The third-order valence-corrected chi connectivity index (χ3v) is 2.41. The van der Waals surface area contributed by atoms with E-state index < -0.39 is 0 Å². The van der Waals surface area contributed by atoms with Gasteiger partial charge in [-0.3, -0.25) is 0 Å². The summed E-state index contributed by atoms with van der Waals surface area (Å²) >= 11 is 0. The summed E-state index contributed by atoms with van der Waals surface area (Å²) in [5.41, 5.74) is 2.64. The van der Waals surface area contributed by atoms with Gasteiger partial charge in [0.15, 0.2) is 12.4 Å². The summed E-state index contributed by atoms with van der Waals surface area (Å²) in [4.78, 5) is 0. The first-order valence-corrected chi connectivity index (χ1v) is 4.98. The van der Waals surface area contributed by atoms with Crippen molar-refractivity contribution in [3.63, 3.8) is 0 Å². The SMILES string of the molecule is Cc1cc[n+]([O-])c(-c2cc(C)cc[n+]2[O-])c1. The van der Waals surface area contributed by atoms with E-state index in [1.807, 2.05) is 13.8 Å². The predicted octanol–water partition coefficient (Wildman–Crippen LogP) is 1.24. The van der Waals surface area contributed by atoms with E-state index in [4.69, 9.17) is 0 Å². The van der Waals surface area contributed by atoms with Gasteiger partial charge in [0.05, 0.1) is 0 Å². The van der Waals surface area contributed by atoms with Crippen molar-refractivity contribution < 1.29 is 9.46 Å². The largest absolute Gasteiger partial charge is 0.618 e. The van der Waals surface area contributed by atoms with Crippen LogP contribution in [0.25, 0.3) is 11.4 Å². The van der Waals surface area contributed by atoms with Crippen molar-refractivity contribution >= 4 is 0 Å². The van der Waals surface area contributed by atoms with E-state index in [9.17, 15) is 10.4 Å². The van der Waals surface area contributed by atoms with Gasteiger partial charge in [-0.2, -0.15) is 9.46 Å². The second-order valence-corrected chi connectivity index (χ2v) is 3.83. The van der Waals surface area contributed by atoms with E-state index in [-0.39, 0.29) is 0 Å². The Hall–Kier alpha value is -2.10. The molecule has 2 aromatic rings. The normalized spacial score (nSPS) is 10.4. The fraction of sp³-hybridized carbons (Fsp3) is 0.167. The van der Waals surface area contributed by atoms with Gasteiger partial charge in [0.1, 0.15) is 0 Å². The monoisotopic (exact) mass is 216 g/mol. The van der Waals surface area contributed by atoms with Gasteiger partial charge >= 0.3 is 0 Å². The van der Waals surface area contributed by atoms with Crippen molar-refractivity contribution in [2.75, 3.05) is 0 Å². The van der Waals surface area contributed by atoms with Crippen molar-refractivity contribution in [3.05, 3.63) is 58.2 Å². The predicted molar refractivity (Wildman–Crippen MR) is 59.3 cm³/mol. The number of aromatic nitrogens is 2. The first kappa shape index (κ1) is 10.4. The molecule has 2 rings (SSSR count). The molecule has 0 aliphatic rings. The van der Waals surface area contributed by atoms with Crippen LogP contribution in [0, 0.1) is 24.3 Å². The highest BCUT2D eigenvalue weighted by molar-refractivity contribution is 5.49. The molecule has 2 heterocycles. The summed E-state index contributed by atoms with van der Waals surface area (Å²) in [7, 11) is 0. The quantitative estimate of drug-likeness (QED) is 0.532. The molecule has 0 atom stereocenters. The van der Waals surface area contributed by atoms with Crippen LogP contribution in [0.3, 0.4) is 0 Å². The fourth-order valence-electron chi connectivity index (χ4n) is 1.56. The molecule has 0 N–H and O–H groups in total. The number of aryl methyl sites for hydroxylation is 2. The van der Waals surface area contributed by atoms with Crippen molar-refractivity contribution in [2.24, 2.45) is 0 Å². The summed E-state index contributed by atoms with van der Waals surface area (Å²) < 4.78 is 1.41. The zero-order valence-corrected chi connectivity index (χ0v) is 9.18. The maximum absolute atomic E-state index is 11.6. The highest BCUT2D eigenvalue weighted by atomic mass is 16.5. The lowest BCUT2D eigenvalue weighted by Gasteiger charge is -2.06. The molecule has 0 aliphatic heterocycles. The number of nitrogens with zero attached hydrogens (tertiary/aromatic N) is 2. The molecule has 2 aromatic heterocycles. The van der Waals surface area contributed by atoms with E-state index in [0.717, 1.165) is 11.1 Å². The smallest absolute Gasteiger partial charge is 0.290 e. The molecule has 4 heteroatoms. The van der Waals surface area contributed by atoms with Crippen LogP contribution < -0.4 is 9.46 Å². The second-order valence-electron chi connectivity index (χ2n) is 3.83. The van der Waals surface area contributed by atoms with E-state index in [1.54, 1.807) is 24.3 Å². The lowest BCUT2D eigenvalue weighted by atomic mass is 10.1. The van der Waals surface area contributed by atoms with Crippen LogP contribution in [-0.2, 0) is 0 Å². The average molecular weight is 216 g/mol. The first-order valence-electron chi connectivity index (χ1n) is 4.98. The Morgan fingerprint density at radius 2 is 1.19 bits per heavy atom. The molecule has 82 valence electrons. The maximum Gasteiger partial charge on any atom is 0.290 e. The standard InChI is InChI=1S/C12H12N2O2/c1-9-3-5-13(15)11(7-9)12-8-10(2)4-6-14(12)16/h3-8H,1-2H3. The number of rotatable bonds is 1. The van der Waals surface area contributed by atoms with E-state index in [2.05, 4.69) is 0 Å². The molecule has 0 amide bonds. The van der Waals surface area contributed by atoms with Gasteiger partial charge in [0, 0.05) is 24.3 Å².